The largest absolute Gasteiger partial charge is 0.365 e. The summed E-state index contributed by atoms with van der Waals surface area (Å²) in [5, 5.41) is 0. The van der Waals surface area contributed by atoms with Gasteiger partial charge in [0.2, 0.25) is 0 Å². The first kappa shape index (κ1) is 7.06. The quantitative estimate of drug-likeness (QED) is 0.454. The minimum Gasteiger partial charge on any atom is -0.365 e. The van der Waals surface area contributed by atoms with E-state index in [1.165, 1.54) is 13.1 Å². The van der Waals surface area contributed by atoms with Crippen molar-refractivity contribution in [3.63, 3.8) is 0 Å². The molecular formula is C4H8NY-. The van der Waals surface area contributed by atoms with Crippen molar-refractivity contribution in [3.05, 3.63) is 6.42 Å². The molecule has 0 bridgehead atoms. The maximum absolute atomic E-state index is 2.25. The van der Waals surface area contributed by atoms with E-state index in [1.54, 1.807) is 0 Å². The summed E-state index contributed by atoms with van der Waals surface area (Å²) >= 11 is 0. The Hall–Kier alpha value is 1.06. The summed E-state index contributed by atoms with van der Waals surface area (Å²) in [7, 11) is 2.11. The van der Waals surface area contributed by atoms with Gasteiger partial charge >= 0.3 is 0 Å². The monoisotopic (exact) mass is 159 g/mol. The van der Waals surface area contributed by atoms with Gasteiger partial charge < -0.3 is 11.3 Å². The molecule has 0 unspecified atom stereocenters. The fourth-order valence-corrected chi connectivity index (χ4v) is 0.387. The Morgan fingerprint density at radius 2 is 1.83 bits per heavy atom. The second-order valence-electron chi connectivity index (χ2n) is 1.51. The first-order valence-corrected chi connectivity index (χ1v) is 1.90. The normalized spacial score (nSPS) is 21.5. The maximum atomic E-state index is 2.25. The van der Waals surface area contributed by atoms with Crippen LogP contribution in [0.1, 0.15) is 0 Å². The van der Waals surface area contributed by atoms with Crippen LogP contribution >= 0.6 is 0 Å². The van der Waals surface area contributed by atoms with E-state index in [1.807, 2.05) is 0 Å². The smallest absolute Gasteiger partial charge is 0 e. The van der Waals surface area contributed by atoms with Gasteiger partial charge in [-0.2, -0.15) is 0 Å². The summed E-state index contributed by atoms with van der Waals surface area (Å²) in [6.45, 7) is 2.39. The zero-order valence-corrected chi connectivity index (χ0v) is 6.85. The number of hydrogen-bond donors (Lipinski definition) is 0. The number of nitrogens with zero attached hydrogens (tertiary/aromatic N) is 1. The molecule has 0 aromatic heterocycles. The van der Waals surface area contributed by atoms with Crippen LogP contribution in [0.5, 0.6) is 0 Å². The van der Waals surface area contributed by atoms with Gasteiger partial charge in [0.1, 0.15) is 0 Å². The standard InChI is InChI=1S/C4H8N.Y/c1-5-3-2-4-5;/h2H,3-4H2,1H3;/q-1;. The third-order valence-electron chi connectivity index (χ3n) is 0.882. The zero-order chi connectivity index (χ0) is 3.70. The fourth-order valence-electron chi connectivity index (χ4n) is 0.387. The van der Waals surface area contributed by atoms with Crippen LogP contribution < -0.4 is 0 Å². The third-order valence-corrected chi connectivity index (χ3v) is 0.882. The molecule has 0 atom stereocenters. The Kier molecular flexibility index (Phi) is 3.67. The Labute approximate surface area is 64.0 Å². The van der Waals surface area contributed by atoms with Crippen molar-refractivity contribution in [3.8, 4) is 0 Å². The van der Waals surface area contributed by atoms with Gasteiger partial charge in [-0.15, -0.1) is 13.1 Å². The minimum atomic E-state index is 0. The van der Waals surface area contributed by atoms with Crippen LogP contribution in [-0.2, 0) is 32.7 Å². The first-order valence-electron chi connectivity index (χ1n) is 1.90. The first-order chi connectivity index (χ1) is 2.39. The molecule has 1 radical (unpaired) electrons. The Morgan fingerprint density at radius 3 is 1.83 bits per heavy atom. The molecule has 0 aromatic carbocycles. The number of likely N-dealkylation sites (tertiary alicyclic amines) is 1. The molecule has 0 N–H and O–H groups in total. The van der Waals surface area contributed by atoms with Gasteiger partial charge in [-0.05, 0) is 7.05 Å². The zero-order valence-electron chi connectivity index (χ0n) is 4.02. The Balaban J connectivity index is 0.000000250. The Morgan fingerprint density at radius 1 is 1.50 bits per heavy atom. The number of hydrogen-bond acceptors (Lipinski definition) is 1. The van der Waals surface area contributed by atoms with E-state index in [9.17, 15) is 0 Å². The van der Waals surface area contributed by atoms with Crippen molar-refractivity contribution >= 4 is 0 Å². The minimum absolute atomic E-state index is 0. The van der Waals surface area contributed by atoms with Gasteiger partial charge in [0.25, 0.3) is 0 Å². The molecule has 1 saturated heterocycles. The van der Waals surface area contributed by atoms with Crippen LogP contribution in [0, 0.1) is 6.42 Å². The van der Waals surface area contributed by atoms with E-state index in [0.29, 0.717) is 0 Å². The van der Waals surface area contributed by atoms with Gasteiger partial charge in [-0.1, -0.05) is 0 Å². The van der Waals surface area contributed by atoms with Crippen molar-refractivity contribution in [1.82, 2.24) is 4.90 Å². The average molecular weight is 159 g/mol. The molecule has 33 valence electrons. The molecule has 0 amide bonds. The maximum Gasteiger partial charge on any atom is 0 e. The molecule has 1 aliphatic rings. The molecule has 1 nitrogen and oxygen atoms in total. The molecule has 2 heteroatoms. The third kappa shape index (κ3) is 1.68. The molecule has 0 saturated carbocycles. The van der Waals surface area contributed by atoms with Crippen molar-refractivity contribution in [1.29, 1.82) is 0 Å². The molecule has 1 rings (SSSR count). The van der Waals surface area contributed by atoms with Gasteiger partial charge in [-0.3, -0.25) is 0 Å². The van der Waals surface area contributed by atoms with E-state index in [4.69, 9.17) is 0 Å². The van der Waals surface area contributed by atoms with Crippen LogP contribution in [0.2, 0.25) is 0 Å². The summed E-state index contributed by atoms with van der Waals surface area (Å²) in [6, 6.07) is 0. The van der Waals surface area contributed by atoms with E-state index in [2.05, 4.69) is 18.4 Å². The van der Waals surface area contributed by atoms with Crippen LogP contribution in [0.4, 0.5) is 0 Å². The summed E-state index contributed by atoms with van der Waals surface area (Å²) < 4.78 is 0. The summed E-state index contributed by atoms with van der Waals surface area (Å²) in [6.07, 6.45) is 2.25. The van der Waals surface area contributed by atoms with Gasteiger partial charge in [0.05, 0.1) is 0 Å². The van der Waals surface area contributed by atoms with Crippen molar-refractivity contribution in [2.45, 2.75) is 0 Å². The van der Waals surface area contributed by atoms with Crippen LogP contribution in [0.3, 0.4) is 0 Å². The molecule has 1 heterocycles. The van der Waals surface area contributed by atoms with Gasteiger partial charge in [0.15, 0.2) is 0 Å². The SMILES string of the molecule is CN1C[CH-]C1.[Y]. The number of rotatable bonds is 0. The van der Waals surface area contributed by atoms with Crippen molar-refractivity contribution in [2.24, 2.45) is 0 Å². The van der Waals surface area contributed by atoms with E-state index >= 15 is 0 Å². The van der Waals surface area contributed by atoms with Crippen molar-refractivity contribution < 1.29 is 32.7 Å². The second-order valence-corrected chi connectivity index (χ2v) is 1.51. The molecule has 1 aliphatic heterocycles. The van der Waals surface area contributed by atoms with E-state index in [0.717, 1.165) is 0 Å². The average Bonchev–Trinajstić information content (AvgIpc) is 1.30. The summed E-state index contributed by atoms with van der Waals surface area (Å²) in [4.78, 5) is 2.25. The van der Waals surface area contributed by atoms with Crippen molar-refractivity contribution in [2.75, 3.05) is 20.1 Å². The molecule has 6 heavy (non-hydrogen) atoms. The summed E-state index contributed by atoms with van der Waals surface area (Å²) in [5.74, 6) is 0. The summed E-state index contributed by atoms with van der Waals surface area (Å²) in [5.41, 5.74) is 0. The molecule has 0 aromatic rings. The van der Waals surface area contributed by atoms with E-state index in [-0.39, 0.29) is 32.7 Å². The molecule has 0 aliphatic carbocycles. The molecule has 1 fully saturated rings. The van der Waals surface area contributed by atoms with Gasteiger partial charge in [0, 0.05) is 32.7 Å². The predicted octanol–water partition coefficient (Wildman–Crippen LogP) is 0.134. The van der Waals surface area contributed by atoms with Crippen LogP contribution in [0.25, 0.3) is 0 Å². The fraction of sp³-hybridized carbons (Fsp3) is 0.750. The molecular weight excluding hydrogens is 151 g/mol. The van der Waals surface area contributed by atoms with E-state index < -0.39 is 0 Å². The Bertz CT molecular complexity index is 34.5. The topological polar surface area (TPSA) is 3.24 Å². The molecule has 0 spiro atoms. The van der Waals surface area contributed by atoms with Crippen LogP contribution in [-0.4, -0.2) is 25.0 Å². The second kappa shape index (κ2) is 3.12. The predicted molar refractivity (Wildman–Crippen MR) is 21.8 cm³/mol. The van der Waals surface area contributed by atoms with Crippen LogP contribution in [0.15, 0.2) is 0 Å². The van der Waals surface area contributed by atoms with Gasteiger partial charge in [-0.25, -0.2) is 0 Å².